The van der Waals surface area contributed by atoms with E-state index >= 15 is 0 Å². The molecule has 1 aromatic heterocycles. The number of aromatic nitrogens is 1. The van der Waals surface area contributed by atoms with Crippen LogP contribution in [0.2, 0.25) is 0 Å². The van der Waals surface area contributed by atoms with E-state index in [1.54, 1.807) is 17.8 Å². The second-order valence-electron chi connectivity index (χ2n) is 5.91. The number of carbonyl (C=O) groups excluding carboxylic acids is 2. The highest BCUT2D eigenvalue weighted by atomic mass is 16.2. The average molecular weight is 280 g/mol. The van der Waals surface area contributed by atoms with E-state index in [0.29, 0.717) is 23.7 Å². The van der Waals surface area contributed by atoms with Gasteiger partial charge in [0.05, 0.1) is 11.1 Å². The van der Waals surface area contributed by atoms with Gasteiger partial charge in [-0.3, -0.25) is 9.59 Å². The summed E-state index contributed by atoms with van der Waals surface area (Å²) in [5.74, 6) is -0.393. The molecule has 1 aromatic rings. The summed E-state index contributed by atoms with van der Waals surface area (Å²) in [4.78, 5) is 23.5. The number of nitrogens with two attached hydrogens (primary N) is 2. The van der Waals surface area contributed by atoms with Crippen molar-refractivity contribution in [1.29, 1.82) is 0 Å². The molecular weight excluding hydrogens is 256 g/mol. The van der Waals surface area contributed by atoms with Crippen molar-refractivity contribution in [3.63, 3.8) is 0 Å². The van der Waals surface area contributed by atoms with E-state index in [1.165, 1.54) is 6.07 Å². The molecule has 0 aliphatic rings. The largest absolute Gasteiger partial charge is 0.366 e. The molecule has 0 aliphatic carbocycles. The van der Waals surface area contributed by atoms with Crippen molar-refractivity contribution >= 4 is 11.8 Å². The molecule has 1 rings (SSSR count). The minimum absolute atomic E-state index is 0.256. The van der Waals surface area contributed by atoms with Gasteiger partial charge in [-0.15, -0.1) is 0 Å². The van der Waals surface area contributed by atoms with Gasteiger partial charge >= 0.3 is 0 Å². The summed E-state index contributed by atoms with van der Waals surface area (Å²) in [6, 6.07) is 1.49. The maximum Gasteiger partial charge on any atom is 0.268 e. The highest BCUT2D eigenvalue weighted by Crippen LogP contribution is 2.16. The maximum atomic E-state index is 12.3. The van der Waals surface area contributed by atoms with Gasteiger partial charge in [0, 0.05) is 19.8 Å². The van der Waals surface area contributed by atoms with Crippen LogP contribution in [0.5, 0.6) is 0 Å². The first-order valence-electron chi connectivity index (χ1n) is 6.67. The van der Waals surface area contributed by atoms with Gasteiger partial charge in [-0.1, -0.05) is 13.8 Å². The molecule has 112 valence electrons. The number of aryl methyl sites for hydroxylation is 1. The van der Waals surface area contributed by atoms with Gasteiger partial charge in [-0.25, -0.2) is 0 Å². The van der Waals surface area contributed by atoms with E-state index < -0.39 is 11.4 Å². The topological polar surface area (TPSA) is 103 Å². The lowest BCUT2D eigenvalue weighted by atomic mass is 9.90. The van der Waals surface area contributed by atoms with Crippen LogP contribution >= 0.6 is 0 Å². The molecule has 20 heavy (non-hydrogen) atoms. The van der Waals surface area contributed by atoms with E-state index in [-0.39, 0.29) is 5.91 Å². The summed E-state index contributed by atoms with van der Waals surface area (Å²) in [5, 5.41) is 2.95. The Morgan fingerprint density at radius 1 is 1.45 bits per heavy atom. The predicted octanol–water partition coefficient (Wildman–Crippen LogP) is 0.617. The van der Waals surface area contributed by atoms with E-state index in [9.17, 15) is 9.59 Å². The van der Waals surface area contributed by atoms with Crippen molar-refractivity contribution in [2.45, 2.75) is 32.7 Å². The van der Waals surface area contributed by atoms with Gasteiger partial charge in [0.2, 0.25) is 5.91 Å². The number of amides is 2. The Morgan fingerprint density at radius 2 is 2.05 bits per heavy atom. The number of rotatable bonds is 6. The van der Waals surface area contributed by atoms with E-state index in [1.807, 2.05) is 6.92 Å². The average Bonchev–Trinajstić information content (AvgIpc) is 2.70. The van der Waals surface area contributed by atoms with Crippen molar-refractivity contribution in [3.05, 3.63) is 23.5 Å². The molecule has 0 fully saturated rings. The molecule has 0 aliphatic heterocycles. The van der Waals surface area contributed by atoms with Crippen molar-refractivity contribution < 1.29 is 9.59 Å². The third kappa shape index (κ3) is 3.84. The van der Waals surface area contributed by atoms with Gasteiger partial charge in [0.1, 0.15) is 5.69 Å². The number of primary amides is 1. The minimum Gasteiger partial charge on any atom is -0.366 e. The zero-order chi connectivity index (χ0) is 15.5. The normalized spacial score (nSPS) is 14.1. The molecule has 5 N–H and O–H groups in total. The molecule has 2 amide bonds. The molecule has 0 saturated heterocycles. The SMILES string of the molecule is CC(C)CC(C)(CN)NC(=O)c1cc(C(N)=O)cn1C. The summed E-state index contributed by atoms with van der Waals surface area (Å²) in [6.45, 7) is 6.43. The maximum absolute atomic E-state index is 12.3. The first-order valence-corrected chi connectivity index (χ1v) is 6.67. The van der Waals surface area contributed by atoms with Gasteiger partial charge in [0.25, 0.3) is 5.91 Å². The van der Waals surface area contributed by atoms with Crippen LogP contribution in [-0.4, -0.2) is 28.5 Å². The van der Waals surface area contributed by atoms with E-state index in [2.05, 4.69) is 19.2 Å². The van der Waals surface area contributed by atoms with Crippen molar-refractivity contribution in [2.75, 3.05) is 6.54 Å². The van der Waals surface area contributed by atoms with E-state index in [0.717, 1.165) is 6.42 Å². The molecule has 1 atom stereocenters. The Balaban J connectivity index is 2.92. The molecule has 1 heterocycles. The molecule has 0 radical (unpaired) electrons. The predicted molar refractivity (Wildman–Crippen MR) is 78.3 cm³/mol. The number of hydrogen-bond acceptors (Lipinski definition) is 3. The van der Waals surface area contributed by atoms with Crippen LogP contribution in [-0.2, 0) is 7.05 Å². The summed E-state index contributed by atoms with van der Waals surface area (Å²) in [7, 11) is 1.70. The second kappa shape index (κ2) is 6.09. The molecule has 0 saturated carbocycles. The zero-order valence-electron chi connectivity index (χ0n) is 12.6. The van der Waals surface area contributed by atoms with Gasteiger partial charge in [-0.05, 0) is 25.3 Å². The Morgan fingerprint density at radius 3 is 2.45 bits per heavy atom. The quantitative estimate of drug-likeness (QED) is 0.711. The van der Waals surface area contributed by atoms with Crippen LogP contribution in [0.3, 0.4) is 0 Å². The highest BCUT2D eigenvalue weighted by Gasteiger charge is 2.27. The molecule has 0 aromatic carbocycles. The fourth-order valence-corrected chi connectivity index (χ4v) is 2.35. The van der Waals surface area contributed by atoms with Gasteiger partial charge in [0.15, 0.2) is 0 Å². The van der Waals surface area contributed by atoms with Crippen molar-refractivity contribution in [1.82, 2.24) is 9.88 Å². The van der Waals surface area contributed by atoms with Gasteiger partial charge in [-0.2, -0.15) is 0 Å². The molecular formula is C14H24N4O2. The number of carbonyl (C=O) groups is 2. The fourth-order valence-electron chi connectivity index (χ4n) is 2.35. The Hall–Kier alpha value is -1.82. The summed E-state index contributed by atoms with van der Waals surface area (Å²) < 4.78 is 1.59. The smallest absolute Gasteiger partial charge is 0.268 e. The molecule has 0 bridgehead atoms. The number of nitrogens with zero attached hydrogens (tertiary/aromatic N) is 1. The summed E-state index contributed by atoms with van der Waals surface area (Å²) in [5.41, 5.74) is 11.2. The minimum atomic E-state index is -0.552. The second-order valence-corrected chi connectivity index (χ2v) is 5.91. The van der Waals surface area contributed by atoms with Crippen molar-refractivity contribution in [2.24, 2.45) is 24.4 Å². The first kappa shape index (κ1) is 16.2. The fraction of sp³-hybridized carbons (Fsp3) is 0.571. The lowest BCUT2D eigenvalue weighted by Gasteiger charge is -2.31. The van der Waals surface area contributed by atoms with Crippen LogP contribution < -0.4 is 16.8 Å². The standard InChI is InChI=1S/C14H24N4O2/c1-9(2)6-14(3,8-15)17-13(20)11-5-10(12(16)19)7-18(11)4/h5,7,9H,6,8,15H2,1-4H3,(H2,16,19)(H,17,20). The van der Waals surface area contributed by atoms with Crippen LogP contribution in [0, 0.1) is 5.92 Å². The monoisotopic (exact) mass is 280 g/mol. The van der Waals surface area contributed by atoms with Crippen LogP contribution in [0.15, 0.2) is 12.3 Å². The van der Waals surface area contributed by atoms with Crippen LogP contribution in [0.25, 0.3) is 0 Å². The Bertz CT molecular complexity index is 507. The van der Waals surface area contributed by atoms with Crippen LogP contribution in [0.1, 0.15) is 48.0 Å². The number of hydrogen-bond donors (Lipinski definition) is 3. The summed E-state index contributed by atoms with van der Waals surface area (Å²) in [6.07, 6.45) is 2.32. The first-order chi connectivity index (χ1) is 9.18. The lowest BCUT2D eigenvalue weighted by Crippen LogP contribution is -2.52. The highest BCUT2D eigenvalue weighted by molar-refractivity contribution is 5.99. The molecule has 1 unspecified atom stereocenters. The third-order valence-electron chi connectivity index (χ3n) is 3.25. The molecule has 6 nitrogen and oxygen atoms in total. The van der Waals surface area contributed by atoms with Crippen LogP contribution in [0.4, 0.5) is 0 Å². The van der Waals surface area contributed by atoms with Crippen molar-refractivity contribution in [3.8, 4) is 0 Å². The third-order valence-corrected chi connectivity index (χ3v) is 3.25. The Labute approximate surface area is 119 Å². The molecule has 0 spiro atoms. The molecule has 6 heteroatoms. The van der Waals surface area contributed by atoms with Gasteiger partial charge < -0.3 is 21.4 Å². The Kier molecular flexibility index (Phi) is 4.94. The van der Waals surface area contributed by atoms with E-state index in [4.69, 9.17) is 11.5 Å². The zero-order valence-corrected chi connectivity index (χ0v) is 12.6. The number of nitrogens with one attached hydrogen (secondary N) is 1. The summed E-state index contributed by atoms with van der Waals surface area (Å²) >= 11 is 0. The lowest BCUT2D eigenvalue weighted by molar-refractivity contribution is 0.0889.